The van der Waals surface area contributed by atoms with Crippen molar-refractivity contribution in [3.05, 3.63) is 57.6 Å². The largest absolute Gasteiger partial charge is 0.486 e. The van der Waals surface area contributed by atoms with Gasteiger partial charge in [-0.3, -0.25) is 4.79 Å². The summed E-state index contributed by atoms with van der Waals surface area (Å²) in [5, 5.41) is 12.9. The van der Waals surface area contributed by atoms with Crippen LogP contribution in [0.2, 0.25) is 10.0 Å². The lowest BCUT2D eigenvalue weighted by Gasteiger charge is -2.13. The zero-order valence-electron chi connectivity index (χ0n) is 14.0. The van der Waals surface area contributed by atoms with Crippen molar-refractivity contribution in [2.24, 2.45) is 0 Å². The number of hydrogen-bond acceptors (Lipinski definition) is 3. The van der Waals surface area contributed by atoms with Gasteiger partial charge >= 0.3 is 5.97 Å². The minimum absolute atomic E-state index is 0.0322. The second kappa shape index (κ2) is 9.54. The summed E-state index contributed by atoms with van der Waals surface area (Å²) in [6, 6.07) is 11.4. The van der Waals surface area contributed by atoms with Gasteiger partial charge < -0.3 is 15.2 Å². The van der Waals surface area contributed by atoms with Crippen molar-refractivity contribution in [3.8, 4) is 5.75 Å². The molecule has 0 unspecified atom stereocenters. The number of benzene rings is 2. The van der Waals surface area contributed by atoms with E-state index in [1.54, 1.807) is 12.1 Å². The van der Waals surface area contributed by atoms with E-state index in [9.17, 15) is 4.79 Å². The third-order valence-electron chi connectivity index (χ3n) is 3.57. The third-order valence-corrected chi connectivity index (χ3v) is 4.14. The molecule has 0 amide bonds. The smallest absolute Gasteiger partial charge is 0.303 e. The summed E-state index contributed by atoms with van der Waals surface area (Å²) < 4.78 is 5.79. The standard InChI is InChI=1S/C19H21Cl2NO3/c1-2-8-22-15-5-3-4-14(9-15)12-25-19-16(20)10-13(11-17(19)21)6-7-18(23)24/h3-5,9-11,22H,2,6-8,12H2,1H3,(H,23,24). The van der Waals surface area contributed by atoms with E-state index in [0.717, 1.165) is 29.8 Å². The minimum atomic E-state index is -0.857. The number of aryl methyl sites for hydroxylation is 1. The molecule has 0 spiro atoms. The summed E-state index contributed by atoms with van der Waals surface area (Å²) in [6.07, 6.45) is 1.46. The number of anilines is 1. The van der Waals surface area contributed by atoms with Crippen LogP contribution in [-0.4, -0.2) is 17.6 Å². The van der Waals surface area contributed by atoms with Gasteiger partial charge in [-0.2, -0.15) is 0 Å². The Balaban J connectivity index is 2.04. The van der Waals surface area contributed by atoms with Gasteiger partial charge in [-0.1, -0.05) is 42.3 Å². The van der Waals surface area contributed by atoms with Crippen LogP contribution >= 0.6 is 23.2 Å². The number of hydrogen-bond donors (Lipinski definition) is 2. The van der Waals surface area contributed by atoms with Gasteiger partial charge in [-0.15, -0.1) is 0 Å². The lowest BCUT2D eigenvalue weighted by Crippen LogP contribution is -2.02. The van der Waals surface area contributed by atoms with Crippen molar-refractivity contribution >= 4 is 34.9 Å². The number of carbonyl (C=O) groups is 1. The molecule has 6 heteroatoms. The van der Waals surface area contributed by atoms with Crippen LogP contribution in [0.4, 0.5) is 5.69 Å². The van der Waals surface area contributed by atoms with E-state index in [2.05, 4.69) is 12.2 Å². The number of rotatable bonds is 9. The molecule has 2 aromatic rings. The Bertz CT molecular complexity index is 711. The van der Waals surface area contributed by atoms with E-state index in [4.69, 9.17) is 33.0 Å². The van der Waals surface area contributed by atoms with Crippen molar-refractivity contribution in [2.75, 3.05) is 11.9 Å². The quantitative estimate of drug-likeness (QED) is 0.609. The summed E-state index contributed by atoms with van der Waals surface area (Å²) in [4.78, 5) is 10.7. The van der Waals surface area contributed by atoms with Crippen molar-refractivity contribution in [3.63, 3.8) is 0 Å². The first-order valence-corrected chi connectivity index (χ1v) is 8.90. The Morgan fingerprint density at radius 3 is 2.52 bits per heavy atom. The molecule has 25 heavy (non-hydrogen) atoms. The number of halogens is 2. The molecule has 0 fully saturated rings. The summed E-state index contributed by atoms with van der Waals surface area (Å²) in [5.74, 6) is -0.446. The summed E-state index contributed by atoms with van der Waals surface area (Å²) >= 11 is 12.5. The number of carboxylic acids is 1. The Labute approximate surface area is 157 Å². The fourth-order valence-corrected chi connectivity index (χ4v) is 2.98. The maximum Gasteiger partial charge on any atom is 0.303 e. The van der Waals surface area contributed by atoms with Crippen LogP contribution in [-0.2, 0) is 17.8 Å². The van der Waals surface area contributed by atoms with Gasteiger partial charge in [-0.05, 0) is 48.2 Å². The summed E-state index contributed by atoms with van der Waals surface area (Å²) in [5.41, 5.74) is 2.82. The van der Waals surface area contributed by atoms with Crippen molar-refractivity contribution in [1.29, 1.82) is 0 Å². The predicted molar refractivity (Wildman–Crippen MR) is 102 cm³/mol. The SMILES string of the molecule is CCCNc1cccc(COc2c(Cl)cc(CCC(=O)O)cc2Cl)c1. The molecule has 0 radical (unpaired) electrons. The van der Waals surface area contributed by atoms with Crippen LogP contribution in [0.1, 0.15) is 30.9 Å². The molecule has 0 saturated carbocycles. The van der Waals surface area contributed by atoms with Gasteiger partial charge in [0.1, 0.15) is 6.61 Å². The second-order valence-electron chi connectivity index (χ2n) is 5.70. The summed E-state index contributed by atoms with van der Waals surface area (Å²) in [6.45, 7) is 3.37. The molecule has 2 aromatic carbocycles. The maximum absolute atomic E-state index is 10.7. The van der Waals surface area contributed by atoms with Gasteiger partial charge in [0.2, 0.25) is 0 Å². The van der Waals surface area contributed by atoms with E-state index in [1.165, 1.54) is 0 Å². The molecule has 4 nitrogen and oxygen atoms in total. The van der Waals surface area contributed by atoms with Crippen molar-refractivity contribution in [2.45, 2.75) is 32.8 Å². The third kappa shape index (κ3) is 6.15. The Morgan fingerprint density at radius 1 is 1.16 bits per heavy atom. The average Bonchev–Trinajstić information content (AvgIpc) is 2.58. The molecule has 0 aliphatic carbocycles. The van der Waals surface area contributed by atoms with Crippen molar-refractivity contribution in [1.82, 2.24) is 0 Å². The predicted octanol–water partition coefficient (Wildman–Crippen LogP) is 5.41. The minimum Gasteiger partial charge on any atom is -0.486 e. The van der Waals surface area contributed by atoms with Crippen LogP contribution in [0, 0.1) is 0 Å². The summed E-state index contributed by atoms with van der Waals surface area (Å²) in [7, 11) is 0. The number of aliphatic carboxylic acids is 1. The molecular formula is C19H21Cl2NO3. The number of carboxylic acid groups (broad SMARTS) is 1. The highest BCUT2D eigenvalue weighted by Gasteiger charge is 2.11. The van der Waals surface area contributed by atoms with E-state index in [0.29, 0.717) is 28.8 Å². The molecule has 0 bridgehead atoms. The molecule has 0 aliphatic heterocycles. The first kappa shape index (κ1) is 19.4. The Kier molecular flexibility index (Phi) is 7.41. The highest BCUT2D eigenvalue weighted by atomic mass is 35.5. The topological polar surface area (TPSA) is 58.6 Å². The van der Waals surface area contributed by atoms with Crippen LogP contribution in [0.15, 0.2) is 36.4 Å². The molecule has 0 heterocycles. The molecule has 2 rings (SSSR count). The molecule has 134 valence electrons. The highest BCUT2D eigenvalue weighted by molar-refractivity contribution is 6.37. The van der Waals surface area contributed by atoms with E-state index < -0.39 is 5.97 Å². The number of nitrogens with one attached hydrogen (secondary N) is 1. The molecule has 0 saturated heterocycles. The molecule has 0 aliphatic rings. The maximum atomic E-state index is 10.7. The normalized spacial score (nSPS) is 10.5. The second-order valence-corrected chi connectivity index (χ2v) is 6.51. The first-order valence-electron chi connectivity index (χ1n) is 8.15. The lowest BCUT2D eigenvalue weighted by atomic mass is 10.1. The van der Waals surface area contributed by atoms with Gasteiger partial charge in [0.15, 0.2) is 5.75 Å². The van der Waals surface area contributed by atoms with Crippen LogP contribution in [0.25, 0.3) is 0 Å². The first-order chi connectivity index (χ1) is 12.0. The Morgan fingerprint density at radius 2 is 1.88 bits per heavy atom. The lowest BCUT2D eigenvalue weighted by molar-refractivity contribution is -0.136. The van der Waals surface area contributed by atoms with Crippen LogP contribution in [0.3, 0.4) is 0 Å². The van der Waals surface area contributed by atoms with Crippen molar-refractivity contribution < 1.29 is 14.6 Å². The highest BCUT2D eigenvalue weighted by Crippen LogP contribution is 2.35. The van der Waals surface area contributed by atoms with E-state index >= 15 is 0 Å². The molecule has 2 N–H and O–H groups in total. The number of ether oxygens (including phenoxy) is 1. The van der Waals surface area contributed by atoms with Crippen LogP contribution in [0.5, 0.6) is 5.75 Å². The van der Waals surface area contributed by atoms with Gasteiger partial charge in [0, 0.05) is 18.7 Å². The average molecular weight is 382 g/mol. The zero-order chi connectivity index (χ0) is 18.2. The monoisotopic (exact) mass is 381 g/mol. The molecule has 0 atom stereocenters. The molecule has 0 aromatic heterocycles. The van der Waals surface area contributed by atoms with E-state index in [1.807, 2.05) is 24.3 Å². The van der Waals surface area contributed by atoms with E-state index in [-0.39, 0.29) is 6.42 Å². The fraction of sp³-hybridized carbons (Fsp3) is 0.316. The van der Waals surface area contributed by atoms with Gasteiger partial charge in [-0.25, -0.2) is 0 Å². The zero-order valence-corrected chi connectivity index (χ0v) is 15.5. The Hall–Kier alpha value is -1.91. The van der Waals surface area contributed by atoms with Gasteiger partial charge in [0.25, 0.3) is 0 Å². The van der Waals surface area contributed by atoms with Crippen LogP contribution < -0.4 is 10.1 Å². The van der Waals surface area contributed by atoms with Gasteiger partial charge in [0.05, 0.1) is 10.0 Å². The molecular weight excluding hydrogens is 361 g/mol. The fourth-order valence-electron chi connectivity index (χ4n) is 2.34.